The maximum absolute atomic E-state index is 12.0. The van der Waals surface area contributed by atoms with E-state index in [4.69, 9.17) is 0 Å². The average Bonchev–Trinajstić information content (AvgIpc) is 2.24. The number of carbonyl (C=O) groups excluding carboxylic acids is 1. The van der Waals surface area contributed by atoms with Gasteiger partial charge in [0.2, 0.25) is 0 Å². The predicted octanol–water partition coefficient (Wildman–Crippen LogP) is 4.00. The van der Waals surface area contributed by atoms with Crippen LogP contribution in [0, 0.1) is 12.8 Å². The Balaban J connectivity index is 2.67. The number of hydrogen-bond acceptors (Lipinski definition) is 1. The van der Waals surface area contributed by atoms with Crippen LogP contribution in [0.25, 0.3) is 0 Å². The molecule has 0 aliphatic carbocycles. The second kappa shape index (κ2) is 5.69. The van der Waals surface area contributed by atoms with Gasteiger partial charge in [0.25, 0.3) is 0 Å². The largest absolute Gasteiger partial charge is 0.294 e. The Hall–Kier alpha value is -1.11. The molecule has 1 aromatic rings. The predicted molar refractivity (Wildman–Crippen MR) is 64.2 cm³/mol. The van der Waals surface area contributed by atoms with E-state index < -0.39 is 0 Å². The van der Waals surface area contributed by atoms with Crippen LogP contribution >= 0.6 is 0 Å². The smallest absolute Gasteiger partial charge is 0.165 e. The van der Waals surface area contributed by atoms with E-state index in [1.165, 1.54) is 0 Å². The molecule has 1 atom stereocenters. The Morgan fingerprint density at radius 2 is 2.13 bits per heavy atom. The number of aryl methyl sites for hydroxylation is 1. The Morgan fingerprint density at radius 3 is 2.73 bits per heavy atom. The maximum Gasteiger partial charge on any atom is 0.165 e. The van der Waals surface area contributed by atoms with Crippen molar-refractivity contribution >= 4 is 5.78 Å². The Morgan fingerprint density at radius 1 is 1.40 bits per heavy atom. The van der Waals surface area contributed by atoms with Crippen molar-refractivity contribution in [3.05, 3.63) is 35.4 Å². The van der Waals surface area contributed by atoms with E-state index in [0.717, 1.165) is 30.4 Å². The number of benzene rings is 1. The minimum Gasteiger partial charge on any atom is -0.294 e. The van der Waals surface area contributed by atoms with E-state index in [-0.39, 0.29) is 11.7 Å². The highest BCUT2D eigenvalue weighted by molar-refractivity contribution is 5.97. The SMILES string of the molecule is CCCCC(C)C(=O)c1cccc(C)c1. The molecule has 82 valence electrons. The zero-order valence-electron chi connectivity index (χ0n) is 9.92. The standard InChI is InChI=1S/C14H20O/c1-4-5-8-12(3)14(15)13-9-6-7-11(2)10-13/h6-7,9-10,12H,4-5,8H2,1-3H3. The molecule has 0 fully saturated rings. The second-order valence-electron chi connectivity index (χ2n) is 4.28. The third-order valence-corrected chi connectivity index (χ3v) is 2.74. The minimum absolute atomic E-state index is 0.159. The monoisotopic (exact) mass is 204 g/mol. The molecule has 15 heavy (non-hydrogen) atoms. The summed E-state index contributed by atoms with van der Waals surface area (Å²) in [7, 11) is 0. The molecule has 1 unspecified atom stereocenters. The van der Waals surface area contributed by atoms with Crippen LogP contribution in [0.15, 0.2) is 24.3 Å². The van der Waals surface area contributed by atoms with Crippen LogP contribution in [-0.4, -0.2) is 5.78 Å². The lowest BCUT2D eigenvalue weighted by molar-refractivity contribution is 0.0922. The number of rotatable bonds is 5. The van der Waals surface area contributed by atoms with Crippen molar-refractivity contribution in [2.24, 2.45) is 5.92 Å². The molecule has 0 saturated heterocycles. The van der Waals surface area contributed by atoms with Crippen LogP contribution in [0.4, 0.5) is 0 Å². The van der Waals surface area contributed by atoms with Crippen LogP contribution in [0.5, 0.6) is 0 Å². The normalized spacial score (nSPS) is 12.5. The minimum atomic E-state index is 0.159. The highest BCUT2D eigenvalue weighted by Crippen LogP contribution is 2.15. The first-order chi connectivity index (χ1) is 7.15. The highest BCUT2D eigenvalue weighted by atomic mass is 16.1. The van der Waals surface area contributed by atoms with Gasteiger partial charge in [0.15, 0.2) is 5.78 Å². The summed E-state index contributed by atoms with van der Waals surface area (Å²) in [6, 6.07) is 7.87. The third kappa shape index (κ3) is 3.50. The van der Waals surface area contributed by atoms with Crippen LogP contribution < -0.4 is 0 Å². The number of carbonyl (C=O) groups is 1. The van der Waals surface area contributed by atoms with Crippen LogP contribution in [0.1, 0.15) is 49.0 Å². The number of ketones is 1. The van der Waals surface area contributed by atoms with Crippen molar-refractivity contribution in [2.75, 3.05) is 0 Å². The van der Waals surface area contributed by atoms with E-state index in [1.807, 2.05) is 38.1 Å². The van der Waals surface area contributed by atoms with Gasteiger partial charge in [0.1, 0.15) is 0 Å². The fraction of sp³-hybridized carbons (Fsp3) is 0.500. The zero-order chi connectivity index (χ0) is 11.3. The molecule has 1 aromatic carbocycles. The van der Waals surface area contributed by atoms with E-state index in [1.54, 1.807) is 0 Å². The molecule has 1 rings (SSSR count). The number of Topliss-reactive ketones (excluding diaryl/α,β-unsaturated/α-hetero) is 1. The van der Waals surface area contributed by atoms with Gasteiger partial charge in [-0.05, 0) is 19.4 Å². The first-order valence-corrected chi connectivity index (χ1v) is 5.76. The first-order valence-electron chi connectivity index (χ1n) is 5.76. The van der Waals surface area contributed by atoms with Gasteiger partial charge in [-0.3, -0.25) is 4.79 Å². The third-order valence-electron chi connectivity index (χ3n) is 2.74. The van der Waals surface area contributed by atoms with Gasteiger partial charge < -0.3 is 0 Å². The summed E-state index contributed by atoms with van der Waals surface area (Å²) in [6.07, 6.45) is 3.30. The fourth-order valence-electron chi connectivity index (χ4n) is 1.72. The quantitative estimate of drug-likeness (QED) is 0.662. The average molecular weight is 204 g/mol. The summed E-state index contributed by atoms with van der Waals surface area (Å²) in [5, 5.41) is 0. The lowest BCUT2D eigenvalue weighted by atomic mass is 9.94. The van der Waals surface area contributed by atoms with Crippen molar-refractivity contribution in [3.8, 4) is 0 Å². The number of unbranched alkanes of at least 4 members (excludes halogenated alkanes) is 1. The van der Waals surface area contributed by atoms with Crippen LogP contribution in [0.2, 0.25) is 0 Å². The molecule has 0 saturated carbocycles. The molecule has 1 nitrogen and oxygen atoms in total. The van der Waals surface area contributed by atoms with Crippen molar-refractivity contribution in [2.45, 2.75) is 40.0 Å². The van der Waals surface area contributed by atoms with Crippen molar-refractivity contribution in [3.63, 3.8) is 0 Å². The summed E-state index contributed by atoms with van der Waals surface area (Å²) in [4.78, 5) is 12.0. The van der Waals surface area contributed by atoms with Gasteiger partial charge in [-0.25, -0.2) is 0 Å². The molecular weight excluding hydrogens is 184 g/mol. The molecule has 0 heterocycles. The summed E-state index contributed by atoms with van der Waals surface area (Å²) in [5.41, 5.74) is 2.02. The van der Waals surface area contributed by atoms with Crippen molar-refractivity contribution < 1.29 is 4.79 Å². The maximum atomic E-state index is 12.0. The van der Waals surface area contributed by atoms with Gasteiger partial charge >= 0.3 is 0 Å². The van der Waals surface area contributed by atoms with Crippen molar-refractivity contribution in [1.29, 1.82) is 0 Å². The van der Waals surface area contributed by atoms with Gasteiger partial charge in [0.05, 0.1) is 0 Å². The Kier molecular flexibility index (Phi) is 4.54. The van der Waals surface area contributed by atoms with Gasteiger partial charge in [-0.2, -0.15) is 0 Å². The molecule has 1 heteroatoms. The van der Waals surface area contributed by atoms with Gasteiger partial charge in [-0.15, -0.1) is 0 Å². The summed E-state index contributed by atoms with van der Waals surface area (Å²) in [5.74, 6) is 0.443. The molecule has 0 amide bonds. The molecule has 0 aliphatic rings. The topological polar surface area (TPSA) is 17.1 Å². The lowest BCUT2D eigenvalue weighted by Gasteiger charge is -2.09. The van der Waals surface area contributed by atoms with Gasteiger partial charge in [0, 0.05) is 11.5 Å². The molecule has 0 spiro atoms. The summed E-state index contributed by atoms with van der Waals surface area (Å²) in [6.45, 7) is 6.21. The van der Waals surface area contributed by atoms with Gasteiger partial charge in [-0.1, -0.05) is 50.5 Å². The number of hydrogen-bond donors (Lipinski definition) is 0. The molecule has 0 bridgehead atoms. The van der Waals surface area contributed by atoms with E-state index in [9.17, 15) is 4.79 Å². The fourth-order valence-corrected chi connectivity index (χ4v) is 1.72. The Bertz CT molecular complexity index is 328. The second-order valence-corrected chi connectivity index (χ2v) is 4.28. The van der Waals surface area contributed by atoms with Crippen LogP contribution in [-0.2, 0) is 0 Å². The first kappa shape index (κ1) is 12.0. The molecule has 0 aromatic heterocycles. The molecule has 0 N–H and O–H groups in total. The van der Waals surface area contributed by atoms with E-state index >= 15 is 0 Å². The summed E-state index contributed by atoms with van der Waals surface area (Å²) < 4.78 is 0. The van der Waals surface area contributed by atoms with E-state index in [2.05, 4.69) is 6.92 Å². The molecule has 0 radical (unpaired) electrons. The Labute approximate surface area is 92.5 Å². The van der Waals surface area contributed by atoms with Crippen molar-refractivity contribution in [1.82, 2.24) is 0 Å². The lowest BCUT2D eigenvalue weighted by Crippen LogP contribution is -2.11. The van der Waals surface area contributed by atoms with E-state index in [0.29, 0.717) is 0 Å². The molecular formula is C14H20O. The zero-order valence-corrected chi connectivity index (χ0v) is 9.92. The molecule has 0 aliphatic heterocycles. The summed E-state index contributed by atoms with van der Waals surface area (Å²) >= 11 is 0. The van der Waals surface area contributed by atoms with Crippen LogP contribution in [0.3, 0.4) is 0 Å². The highest BCUT2D eigenvalue weighted by Gasteiger charge is 2.14.